The van der Waals surface area contributed by atoms with E-state index in [1.807, 2.05) is 61.5 Å². The Morgan fingerprint density at radius 3 is 2.59 bits per heavy atom. The van der Waals surface area contributed by atoms with Crippen molar-refractivity contribution in [1.82, 2.24) is 5.32 Å². The molecule has 1 aliphatic rings. The van der Waals surface area contributed by atoms with Gasteiger partial charge in [-0.2, -0.15) is 0 Å². The lowest BCUT2D eigenvalue weighted by molar-refractivity contribution is -0.124. The maximum absolute atomic E-state index is 12.7. The van der Waals surface area contributed by atoms with Gasteiger partial charge in [-0.05, 0) is 23.1 Å². The predicted molar refractivity (Wildman–Crippen MR) is 86.5 cm³/mol. The fourth-order valence-corrected chi connectivity index (χ4v) is 3.26. The molecule has 0 bridgehead atoms. The van der Waals surface area contributed by atoms with Crippen molar-refractivity contribution in [3.05, 3.63) is 71.3 Å². The quantitative estimate of drug-likeness (QED) is 0.911. The summed E-state index contributed by atoms with van der Waals surface area (Å²) in [5.74, 6) is -0.199. The molecule has 22 heavy (non-hydrogen) atoms. The Kier molecular flexibility index (Phi) is 4.25. The summed E-state index contributed by atoms with van der Waals surface area (Å²) in [6, 6.07) is 17.4. The molecule has 3 heteroatoms. The lowest BCUT2D eigenvalue weighted by Gasteiger charge is -2.22. The molecule has 2 aromatic carbocycles. The van der Waals surface area contributed by atoms with Crippen LogP contribution in [0.15, 0.2) is 54.6 Å². The van der Waals surface area contributed by atoms with E-state index in [2.05, 4.69) is 5.32 Å². The van der Waals surface area contributed by atoms with Crippen LogP contribution >= 0.6 is 0 Å². The van der Waals surface area contributed by atoms with Crippen LogP contribution in [-0.4, -0.2) is 17.1 Å². The molecule has 3 unspecified atom stereocenters. The van der Waals surface area contributed by atoms with E-state index in [9.17, 15) is 9.90 Å². The molecule has 0 spiro atoms. The van der Waals surface area contributed by atoms with Crippen molar-refractivity contribution in [3.8, 4) is 0 Å². The molecule has 0 fully saturated rings. The molecule has 3 rings (SSSR count). The van der Waals surface area contributed by atoms with Crippen molar-refractivity contribution >= 4 is 5.91 Å². The van der Waals surface area contributed by atoms with Gasteiger partial charge in [-0.3, -0.25) is 4.79 Å². The number of hydrogen-bond acceptors (Lipinski definition) is 2. The highest BCUT2D eigenvalue weighted by Gasteiger charge is 2.33. The van der Waals surface area contributed by atoms with Crippen LogP contribution in [0.3, 0.4) is 0 Å². The molecule has 1 amide bonds. The van der Waals surface area contributed by atoms with Crippen LogP contribution in [0.4, 0.5) is 0 Å². The maximum Gasteiger partial charge on any atom is 0.228 e. The van der Waals surface area contributed by atoms with Crippen LogP contribution in [0.5, 0.6) is 0 Å². The molecule has 0 saturated heterocycles. The number of carbonyl (C=O) groups excluding carboxylic acids is 1. The largest absolute Gasteiger partial charge is 0.390 e. The SMILES string of the molecule is CCC(C(=O)NC1c2ccccc2CC1O)c1ccccc1. The van der Waals surface area contributed by atoms with Crippen molar-refractivity contribution in [2.24, 2.45) is 0 Å². The van der Waals surface area contributed by atoms with Gasteiger partial charge in [0.15, 0.2) is 0 Å². The van der Waals surface area contributed by atoms with Gasteiger partial charge in [0.25, 0.3) is 0 Å². The summed E-state index contributed by atoms with van der Waals surface area (Å²) >= 11 is 0. The Balaban J connectivity index is 1.79. The monoisotopic (exact) mass is 295 g/mol. The fraction of sp³-hybridized carbons (Fsp3) is 0.316. The van der Waals surface area contributed by atoms with Crippen molar-refractivity contribution in [2.45, 2.75) is 37.8 Å². The Morgan fingerprint density at radius 2 is 1.86 bits per heavy atom. The van der Waals surface area contributed by atoms with Crippen LogP contribution in [0.25, 0.3) is 0 Å². The number of amides is 1. The molecule has 0 radical (unpaired) electrons. The minimum absolute atomic E-state index is 0.0190. The van der Waals surface area contributed by atoms with Crippen LogP contribution in [-0.2, 0) is 11.2 Å². The molecule has 2 aromatic rings. The van der Waals surface area contributed by atoms with E-state index >= 15 is 0 Å². The zero-order valence-corrected chi connectivity index (χ0v) is 12.7. The van der Waals surface area contributed by atoms with E-state index in [4.69, 9.17) is 0 Å². The van der Waals surface area contributed by atoms with Gasteiger partial charge in [0.1, 0.15) is 0 Å². The number of rotatable bonds is 4. The van der Waals surface area contributed by atoms with Crippen molar-refractivity contribution in [1.29, 1.82) is 0 Å². The number of aliphatic hydroxyl groups is 1. The Bertz CT molecular complexity index is 653. The van der Waals surface area contributed by atoms with Gasteiger partial charge in [-0.25, -0.2) is 0 Å². The predicted octanol–water partition coefficient (Wildman–Crippen LogP) is 2.95. The summed E-state index contributed by atoms with van der Waals surface area (Å²) in [5, 5.41) is 13.3. The van der Waals surface area contributed by atoms with Crippen molar-refractivity contribution in [2.75, 3.05) is 0 Å². The molecule has 3 nitrogen and oxygen atoms in total. The molecule has 0 aliphatic heterocycles. The van der Waals surface area contributed by atoms with Crippen LogP contribution in [0.2, 0.25) is 0 Å². The fourth-order valence-electron chi connectivity index (χ4n) is 3.26. The van der Waals surface area contributed by atoms with Gasteiger partial charge < -0.3 is 10.4 Å². The number of aliphatic hydroxyl groups excluding tert-OH is 1. The summed E-state index contributed by atoms with van der Waals surface area (Å²) in [7, 11) is 0. The second-order valence-electron chi connectivity index (χ2n) is 5.83. The third-order valence-electron chi connectivity index (χ3n) is 4.43. The van der Waals surface area contributed by atoms with E-state index in [0.29, 0.717) is 6.42 Å². The molecule has 0 aromatic heterocycles. The molecule has 2 N–H and O–H groups in total. The van der Waals surface area contributed by atoms with E-state index in [-0.39, 0.29) is 17.9 Å². The summed E-state index contributed by atoms with van der Waals surface area (Å²) in [5.41, 5.74) is 3.17. The highest BCUT2D eigenvalue weighted by atomic mass is 16.3. The minimum Gasteiger partial charge on any atom is -0.390 e. The van der Waals surface area contributed by atoms with Crippen LogP contribution in [0.1, 0.15) is 42.0 Å². The van der Waals surface area contributed by atoms with Crippen molar-refractivity contribution in [3.63, 3.8) is 0 Å². The molecule has 0 saturated carbocycles. The molecular formula is C19H21NO2. The Morgan fingerprint density at radius 1 is 1.18 bits per heavy atom. The molecule has 0 heterocycles. The summed E-state index contributed by atoms with van der Waals surface area (Å²) in [6.45, 7) is 2.01. The number of nitrogens with one attached hydrogen (secondary N) is 1. The maximum atomic E-state index is 12.7. The second kappa shape index (κ2) is 6.32. The lowest BCUT2D eigenvalue weighted by Crippen LogP contribution is -2.36. The van der Waals surface area contributed by atoms with E-state index in [1.54, 1.807) is 0 Å². The van der Waals surface area contributed by atoms with Gasteiger partial charge in [-0.1, -0.05) is 61.5 Å². The first-order valence-electron chi connectivity index (χ1n) is 7.82. The first kappa shape index (κ1) is 14.8. The van der Waals surface area contributed by atoms with Crippen LogP contribution in [0, 0.1) is 0 Å². The Labute approximate surface area is 131 Å². The summed E-state index contributed by atoms with van der Waals surface area (Å²) in [6.07, 6.45) is 0.790. The third kappa shape index (κ3) is 2.77. The summed E-state index contributed by atoms with van der Waals surface area (Å²) < 4.78 is 0. The number of hydrogen-bond donors (Lipinski definition) is 2. The van der Waals surface area contributed by atoms with Gasteiger partial charge in [0.05, 0.1) is 18.1 Å². The molecule has 1 aliphatic carbocycles. The zero-order chi connectivity index (χ0) is 15.5. The molecule has 3 atom stereocenters. The lowest BCUT2D eigenvalue weighted by atomic mass is 9.95. The normalized spacial score (nSPS) is 21.2. The first-order chi connectivity index (χ1) is 10.7. The summed E-state index contributed by atoms with van der Waals surface area (Å²) in [4.78, 5) is 12.7. The standard InChI is InChI=1S/C19H21NO2/c1-2-15(13-8-4-3-5-9-13)19(22)20-18-16-11-7-6-10-14(16)12-17(18)21/h3-11,15,17-18,21H,2,12H2,1H3,(H,20,22). The van der Waals surface area contributed by atoms with Crippen molar-refractivity contribution < 1.29 is 9.90 Å². The van der Waals surface area contributed by atoms with E-state index < -0.39 is 6.10 Å². The zero-order valence-electron chi connectivity index (χ0n) is 12.7. The smallest absolute Gasteiger partial charge is 0.228 e. The molecule has 114 valence electrons. The number of benzene rings is 2. The highest BCUT2D eigenvalue weighted by Crippen LogP contribution is 2.32. The topological polar surface area (TPSA) is 49.3 Å². The Hall–Kier alpha value is -2.13. The van der Waals surface area contributed by atoms with E-state index in [1.165, 1.54) is 0 Å². The number of fused-ring (bicyclic) bond motifs is 1. The minimum atomic E-state index is -0.547. The highest BCUT2D eigenvalue weighted by molar-refractivity contribution is 5.84. The average molecular weight is 295 g/mol. The van der Waals surface area contributed by atoms with Gasteiger partial charge in [0.2, 0.25) is 5.91 Å². The molecular weight excluding hydrogens is 274 g/mol. The van der Waals surface area contributed by atoms with Gasteiger partial charge in [0, 0.05) is 6.42 Å². The third-order valence-corrected chi connectivity index (χ3v) is 4.43. The average Bonchev–Trinajstić information content (AvgIpc) is 2.85. The van der Waals surface area contributed by atoms with Crippen LogP contribution < -0.4 is 5.32 Å². The van der Waals surface area contributed by atoms with E-state index in [0.717, 1.165) is 23.1 Å². The van der Waals surface area contributed by atoms with Gasteiger partial charge in [-0.15, -0.1) is 0 Å². The van der Waals surface area contributed by atoms with Gasteiger partial charge >= 0.3 is 0 Å². The first-order valence-corrected chi connectivity index (χ1v) is 7.82. The number of carbonyl (C=O) groups is 1. The second-order valence-corrected chi connectivity index (χ2v) is 5.83.